The Labute approximate surface area is 135 Å². The zero-order chi connectivity index (χ0) is 17.9. The van der Waals surface area contributed by atoms with Crippen molar-refractivity contribution in [1.82, 2.24) is 5.32 Å². The monoisotopic (exact) mass is 351 g/mol. The Balaban J connectivity index is 2.04. The number of carbonyl (C=O) groups excluding carboxylic acids is 1. The van der Waals surface area contributed by atoms with Crippen LogP contribution in [0.15, 0.2) is 30.3 Å². The van der Waals surface area contributed by atoms with Gasteiger partial charge >= 0.3 is 12.1 Å². The molecule has 0 saturated carbocycles. The van der Waals surface area contributed by atoms with E-state index in [4.69, 9.17) is 9.47 Å². The van der Waals surface area contributed by atoms with Crippen LogP contribution in [0.3, 0.4) is 0 Å². The first-order valence-corrected chi connectivity index (χ1v) is 7.21. The first kappa shape index (κ1) is 18.6. The molecular formula is C15H17F4NO4. The fraction of sp³-hybridized carbons (Fsp3) is 0.533. The number of amides is 1. The molecule has 0 aliphatic carbocycles. The highest BCUT2D eigenvalue weighted by Crippen LogP contribution is 2.26. The van der Waals surface area contributed by atoms with Crippen molar-refractivity contribution in [3.8, 4) is 0 Å². The minimum absolute atomic E-state index is 0.0331. The SMILES string of the molecule is C[C@@H]1O[C@H](OCc2ccccc2)[C@@H](F)[C@H](NC(=O)C(F)(F)F)[C@@H]1O. The predicted molar refractivity (Wildman–Crippen MR) is 74.5 cm³/mol. The highest BCUT2D eigenvalue weighted by Gasteiger charge is 2.49. The number of aliphatic hydroxyl groups is 1. The van der Waals surface area contributed by atoms with Crippen molar-refractivity contribution in [2.24, 2.45) is 0 Å². The lowest BCUT2D eigenvalue weighted by molar-refractivity contribution is -0.260. The Morgan fingerprint density at radius 2 is 1.96 bits per heavy atom. The smallest absolute Gasteiger partial charge is 0.388 e. The van der Waals surface area contributed by atoms with E-state index in [1.807, 2.05) is 0 Å². The fourth-order valence-corrected chi connectivity index (χ4v) is 2.30. The van der Waals surface area contributed by atoms with Gasteiger partial charge in [-0.3, -0.25) is 4.79 Å². The van der Waals surface area contributed by atoms with Gasteiger partial charge in [0.15, 0.2) is 12.5 Å². The summed E-state index contributed by atoms with van der Waals surface area (Å²) >= 11 is 0. The molecule has 1 amide bonds. The van der Waals surface area contributed by atoms with E-state index in [0.29, 0.717) is 5.56 Å². The summed E-state index contributed by atoms with van der Waals surface area (Å²) in [6.07, 6.45) is -11.5. The Hall–Kier alpha value is -1.71. The van der Waals surface area contributed by atoms with Crippen LogP contribution < -0.4 is 5.32 Å². The highest BCUT2D eigenvalue weighted by molar-refractivity contribution is 5.82. The van der Waals surface area contributed by atoms with Gasteiger partial charge in [-0.2, -0.15) is 13.2 Å². The Kier molecular flexibility index (Phi) is 5.79. The molecule has 1 aliphatic rings. The molecule has 1 heterocycles. The molecule has 5 nitrogen and oxygen atoms in total. The van der Waals surface area contributed by atoms with Gasteiger partial charge in [-0.05, 0) is 12.5 Å². The van der Waals surface area contributed by atoms with Gasteiger partial charge < -0.3 is 19.9 Å². The lowest BCUT2D eigenvalue weighted by atomic mass is 9.97. The van der Waals surface area contributed by atoms with Crippen molar-refractivity contribution in [3.63, 3.8) is 0 Å². The second kappa shape index (κ2) is 7.45. The van der Waals surface area contributed by atoms with Crippen LogP contribution >= 0.6 is 0 Å². The van der Waals surface area contributed by atoms with Crippen LogP contribution in [0.4, 0.5) is 17.6 Å². The van der Waals surface area contributed by atoms with Gasteiger partial charge in [-0.1, -0.05) is 30.3 Å². The molecule has 1 fully saturated rings. The average molecular weight is 351 g/mol. The van der Waals surface area contributed by atoms with Crippen molar-refractivity contribution in [2.45, 2.75) is 50.4 Å². The van der Waals surface area contributed by atoms with Crippen molar-refractivity contribution in [1.29, 1.82) is 0 Å². The summed E-state index contributed by atoms with van der Waals surface area (Å²) in [7, 11) is 0. The van der Waals surface area contributed by atoms with E-state index in [-0.39, 0.29) is 6.61 Å². The van der Waals surface area contributed by atoms with Gasteiger partial charge in [-0.15, -0.1) is 0 Å². The van der Waals surface area contributed by atoms with Gasteiger partial charge in [-0.25, -0.2) is 4.39 Å². The Morgan fingerprint density at radius 3 is 2.54 bits per heavy atom. The molecular weight excluding hydrogens is 334 g/mol. The van der Waals surface area contributed by atoms with Gasteiger partial charge in [0, 0.05) is 0 Å². The second-order valence-corrected chi connectivity index (χ2v) is 5.44. The number of alkyl halides is 4. The van der Waals surface area contributed by atoms with Crippen LogP contribution in [0.1, 0.15) is 12.5 Å². The summed E-state index contributed by atoms with van der Waals surface area (Å²) in [6, 6.07) is 6.91. The third-order valence-electron chi connectivity index (χ3n) is 3.61. The molecule has 134 valence electrons. The molecule has 0 aromatic heterocycles. The maximum Gasteiger partial charge on any atom is 0.471 e. The standard InChI is InChI=1S/C15H17F4NO4/c1-8-12(21)11(20-14(22)15(17,18)19)10(16)13(24-8)23-7-9-5-3-2-4-6-9/h2-6,8,10-13,21H,7H2,1H3,(H,20,22)/t8-,10-,11-,12+,13-/m0/s1. The number of hydrogen-bond donors (Lipinski definition) is 2. The molecule has 9 heteroatoms. The van der Waals surface area contributed by atoms with E-state index in [2.05, 4.69) is 0 Å². The zero-order valence-corrected chi connectivity index (χ0v) is 12.7. The summed E-state index contributed by atoms with van der Waals surface area (Å²) in [5.74, 6) is -2.33. The van der Waals surface area contributed by atoms with Crippen molar-refractivity contribution >= 4 is 5.91 Å². The number of halogens is 4. The number of rotatable bonds is 4. The quantitative estimate of drug-likeness (QED) is 0.811. The van der Waals surface area contributed by atoms with Crippen molar-refractivity contribution < 1.29 is 36.9 Å². The normalized spacial score (nSPS) is 30.8. The number of hydrogen-bond acceptors (Lipinski definition) is 4. The number of aliphatic hydroxyl groups excluding tert-OH is 1. The van der Waals surface area contributed by atoms with Crippen LogP contribution in [0, 0.1) is 0 Å². The van der Waals surface area contributed by atoms with Crippen LogP contribution in [-0.2, 0) is 20.9 Å². The van der Waals surface area contributed by atoms with Crippen LogP contribution in [0.2, 0.25) is 0 Å². The van der Waals surface area contributed by atoms with Crippen molar-refractivity contribution in [2.75, 3.05) is 0 Å². The van der Waals surface area contributed by atoms with E-state index in [1.54, 1.807) is 30.3 Å². The second-order valence-electron chi connectivity index (χ2n) is 5.44. The van der Waals surface area contributed by atoms with E-state index < -0.39 is 42.8 Å². The topological polar surface area (TPSA) is 67.8 Å². The van der Waals surface area contributed by atoms with Gasteiger partial charge in [0.25, 0.3) is 0 Å². The summed E-state index contributed by atoms with van der Waals surface area (Å²) in [5.41, 5.74) is 0.711. The molecule has 0 spiro atoms. The molecule has 24 heavy (non-hydrogen) atoms. The molecule has 0 bridgehead atoms. The number of nitrogens with one attached hydrogen (secondary N) is 1. The largest absolute Gasteiger partial charge is 0.471 e. The highest BCUT2D eigenvalue weighted by atomic mass is 19.4. The average Bonchev–Trinajstić information content (AvgIpc) is 2.53. The first-order chi connectivity index (χ1) is 11.2. The van der Waals surface area contributed by atoms with E-state index >= 15 is 0 Å². The third kappa shape index (κ3) is 4.43. The van der Waals surface area contributed by atoms with E-state index in [1.165, 1.54) is 12.2 Å². The lowest BCUT2D eigenvalue weighted by Crippen LogP contribution is -2.63. The molecule has 2 N–H and O–H groups in total. The zero-order valence-electron chi connectivity index (χ0n) is 12.7. The maximum absolute atomic E-state index is 14.4. The lowest BCUT2D eigenvalue weighted by Gasteiger charge is -2.40. The summed E-state index contributed by atoms with van der Waals surface area (Å²) in [6.45, 7) is 1.32. The van der Waals surface area contributed by atoms with Gasteiger partial charge in [0.2, 0.25) is 0 Å². The molecule has 5 atom stereocenters. The minimum atomic E-state index is -5.18. The number of benzene rings is 1. The van der Waals surface area contributed by atoms with Gasteiger partial charge in [0.1, 0.15) is 6.10 Å². The molecule has 1 saturated heterocycles. The Morgan fingerprint density at radius 1 is 1.33 bits per heavy atom. The summed E-state index contributed by atoms with van der Waals surface area (Å²) in [5, 5.41) is 11.3. The summed E-state index contributed by atoms with van der Waals surface area (Å²) in [4.78, 5) is 11.0. The molecule has 0 radical (unpaired) electrons. The molecule has 2 rings (SSSR count). The number of carbonyl (C=O) groups is 1. The van der Waals surface area contributed by atoms with Crippen LogP contribution in [0.25, 0.3) is 0 Å². The Bertz CT molecular complexity index is 554. The first-order valence-electron chi connectivity index (χ1n) is 7.21. The fourth-order valence-electron chi connectivity index (χ4n) is 2.30. The molecule has 1 aliphatic heterocycles. The van der Waals surface area contributed by atoms with Crippen molar-refractivity contribution in [3.05, 3.63) is 35.9 Å². The van der Waals surface area contributed by atoms with E-state index in [9.17, 15) is 27.5 Å². The number of ether oxygens (including phenoxy) is 2. The molecule has 1 aromatic carbocycles. The van der Waals surface area contributed by atoms with E-state index in [0.717, 1.165) is 0 Å². The molecule has 0 unspecified atom stereocenters. The summed E-state index contributed by atoms with van der Waals surface area (Å²) < 4.78 is 61.8. The van der Waals surface area contributed by atoms with Gasteiger partial charge in [0.05, 0.1) is 18.8 Å². The molecule has 1 aromatic rings. The third-order valence-corrected chi connectivity index (χ3v) is 3.61. The predicted octanol–water partition coefficient (Wildman–Crippen LogP) is 1.69. The van der Waals surface area contributed by atoms with Crippen LogP contribution in [-0.4, -0.2) is 47.9 Å². The minimum Gasteiger partial charge on any atom is -0.388 e. The van der Waals surface area contributed by atoms with Crippen LogP contribution in [0.5, 0.6) is 0 Å². The maximum atomic E-state index is 14.4.